The molecule has 6 heteroatoms. The molecule has 96 valence electrons. The second-order valence-electron chi connectivity index (χ2n) is 3.71. The van der Waals surface area contributed by atoms with Crippen molar-refractivity contribution in [3.8, 4) is 0 Å². The molecule has 2 aromatic rings. The molecule has 0 fully saturated rings. The van der Waals surface area contributed by atoms with E-state index in [9.17, 15) is 0 Å². The van der Waals surface area contributed by atoms with Crippen LogP contribution in [0.3, 0.4) is 0 Å². The molecule has 0 saturated heterocycles. The van der Waals surface area contributed by atoms with Gasteiger partial charge in [0.25, 0.3) is 0 Å². The minimum Gasteiger partial charge on any atom is -0.373 e. The van der Waals surface area contributed by atoms with Crippen LogP contribution in [0.2, 0.25) is 0 Å². The minimum absolute atomic E-state index is 0.781. The van der Waals surface area contributed by atoms with Gasteiger partial charge >= 0.3 is 0 Å². The Balaban J connectivity index is 2.13. The number of hydrogen-bond donors (Lipinski definition) is 2. The molecule has 0 atom stereocenters. The Labute approximate surface area is 119 Å². The summed E-state index contributed by atoms with van der Waals surface area (Å²) in [6.45, 7) is 2.88. The lowest BCUT2D eigenvalue weighted by molar-refractivity contribution is 1.02. The molecule has 2 aromatic heterocycles. The molecule has 0 unspecified atom stereocenters. The van der Waals surface area contributed by atoms with Crippen LogP contribution in [-0.4, -0.2) is 17.0 Å². The molecular formula is C12H15BrN4S. The fourth-order valence-electron chi connectivity index (χ4n) is 1.73. The molecule has 0 aliphatic rings. The SMILES string of the molecule is CCc1c(NC)ncnc1NCc1ccc(Br)s1. The van der Waals surface area contributed by atoms with E-state index >= 15 is 0 Å². The molecule has 0 aromatic carbocycles. The fraction of sp³-hybridized carbons (Fsp3) is 0.333. The number of nitrogens with one attached hydrogen (secondary N) is 2. The van der Waals surface area contributed by atoms with Crippen LogP contribution in [0.1, 0.15) is 17.4 Å². The second kappa shape index (κ2) is 6.15. The van der Waals surface area contributed by atoms with Crippen molar-refractivity contribution < 1.29 is 0 Å². The van der Waals surface area contributed by atoms with Gasteiger partial charge in [-0.25, -0.2) is 9.97 Å². The Hall–Kier alpha value is -1.14. The number of rotatable bonds is 5. The molecule has 2 heterocycles. The normalized spacial score (nSPS) is 10.4. The van der Waals surface area contributed by atoms with E-state index < -0.39 is 0 Å². The first-order valence-electron chi connectivity index (χ1n) is 5.74. The van der Waals surface area contributed by atoms with Crippen LogP contribution in [0.25, 0.3) is 0 Å². The first kappa shape index (κ1) is 13.3. The van der Waals surface area contributed by atoms with E-state index in [1.165, 1.54) is 4.88 Å². The minimum atomic E-state index is 0.781. The summed E-state index contributed by atoms with van der Waals surface area (Å²) in [5, 5.41) is 6.46. The van der Waals surface area contributed by atoms with Gasteiger partial charge in [-0.1, -0.05) is 6.92 Å². The lowest BCUT2D eigenvalue weighted by Crippen LogP contribution is -2.07. The van der Waals surface area contributed by atoms with Gasteiger partial charge in [-0.15, -0.1) is 11.3 Å². The summed E-state index contributed by atoms with van der Waals surface area (Å²) in [6, 6.07) is 4.16. The highest BCUT2D eigenvalue weighted by Gasteiger charge is 2.08. The molecule has 0 amide bonds. The van der Waals surface area contributed by atoms with Gasteiger partial charge in [0.1, 0.15) is 18.0 Å². The monoisotopic (exact) mass is 326 g/mol. The summed E-state index contributed by atoms with van der Waals surface area (Å²) in [7, 11) is 1.88. The van der Waals surface area contributed by atoms with E-state index in [0.717, 1.165) is 34.0 Å². The quantitative estimate of drug-likeness (QED) is 0.882. The number of halogens is 1. The third kappa shape index (κ3) is 3.00. The number of nitrogens with zero attached hydrogens (tertiary/aromatic N) is 2. The van der Waals surface area contributed by atoms with Crippen LogP contribution < -0.4 is 10.6 Å². The molecule has 0 bridgehead atoms. The van der Waals surface area contributed by atoms with Gasteiger partial charge < -0.3 is 10.6 Å². The van der Waals surface area contributed by atoms with Crippen molar-refractivity contribution in [2.45, 2.75) is 19.9 Å². The molecule has 0 radical (unpaired) electrons. The zero-order valence-electron chi connectivity index (χ0n) is 10.3. The van der Waals surface area contributed by atoms with Crippen molar-refractivity contribution in [1.82, 2.24) is 9.97 Å². The first-order chi connectivity index (χ1) is 8.74. The number of hydrogen-bond acceptors (Lipinski definition) is 5. The van der Waals surface area contributed by atoms with Crippen molar-refractivity contribution in [1.29, 1.82) is 0 Å². The van der Waals surface area contributed by atoms with Crippen LogP contribution >= 0.6 is 27.3 Å². The topological polar surface area (TPSA) is 49.8 Å². The molecule has 0 aliphatic heterocycles. The van der Waals surface area contributed by atoms with Crippen LogP contribution in [0.4, 0.5) is 11.6 Å². The van der Waals surface area contributed by atoms with Gasteiger partial charge in [-0.05, 0) is 34.5 Å². The predicted octanol–water partition coefficient (Wildman–Crippen LogP) is 3.52. The van der Waals surface area contributed by atoms with Gasteiger partial charge in [-0.2, -0.15) is 0 Å². The average Bonchev–Trinajstić information content (AvgIpc) is 2.81. The van der Waals surface area contributed by atoms with Gasteiger partial charge in [0.15, 0.2) is 0 Å². The van der Waals surface area contributed by atoms with E-state index in [-0.39, 0.29) is 0 Å². The Kier molecular flexibility index (Phi) is 4.54. The summed E-state index contributed by atoms with van der Waals surface area (Å²) >= 11 is 5.19. The van der Waals surface area contributed by atoms with Crippen LogP contribution in [0.15, 0.2) is 22.2 Å². The van der Waals surface area contributed by atoms with Crippen molar-refractivity contribution in [3.63, 3.8) is 0 Å². The smallest absolute Gasteiger partial charge is 0.135 e. The average molecular weight is 327 g/mol. The van der Waals surface area contributed by atoms with Crippen LogP contribution in [0.5, 0.6) is 0 Å². The lowest BCUT2D eigenvalue weighted by atomic mass is 10.2. The summed E-state index contributed by atoms with van der Waals surface area (Å²) in [5.74, 6) is 1.80. The summed E-state index contributed by atoms with van der Waals surface area (Å²) in [6.07, 6.45) is 2.48. The first-order valence-corrected chi connectivity index (χ1v) is 7.35. The Bertz CT molecular complexity index is 527. The highest BCUT2D eigenvalue weighted by Crippen LogP contribution is 2.24. The predicted molar refractivity (Wildman–Crippen MR) is 80.3 cm³/mol. The molecular weight excluding hydrogens is 312 g/mol. The van der Waals surface area contributed by atoms with E-state index in [1.54, 1.807) is 17.7 Å². The molecule has 0 saturated carbocycles. The molecule has 0 aliphatic carbocycles. The van der Waals surface area contributed by atoms with Crippen molar-refractivity contribution in [2.24, 2.45) is 0 Å². The maximum atomic E-state index is 4.31. The third-order valence-corrected chi connectivity index (χ3v) is 4.22. The molecule has 0 spiro atoms. The summed E-state index contributed by atoms with van der Waals surface area (Å²) < 4.78 is 1.15. The number of anilines is 2. The third-order valence-electron chi connectivity index (χ3n) is 2.59. The fourth-order valence-corrected chi connectivity index (χ4v) is 3.16. The van der Waals surface area contributed by atoms with Crippen molar-refractivity contribution in [2.75, 3.05) is 17.7 Å². The Morgan fingerprint density at radius 1 is 1.28 bits per heavy atom. The highest BCUT2D eigenvalue weighted by atomic mass is 79.9. The lowest BCUT2D eigenvalue weighted by Gasteiger charge is -2.12. The molecule has 18 heavy (non-hydrogen) atoms. The molecule has 2 N–H and O–H groups in total. The number of aromatic nitrogens is 2. The van der Waals surface area contributed by atoms with Crippen LogP contribution in [-0.2, 0) is 13.0 Å². The van der Waals surface area contributed by atoms with Crippen molar-refractivity contribution >= 4 is 38.9 Å². The summed E-state index contributed by atoms with van der Waals surface area (Å²) in [4.78, 5) is 9.80. The van der Waals surface area contributed by atoms with Gasteiger partial charge in [0.2, 0.25) is 0 Å². The standard InChI is InChI=1S/C12H15BrN4S/c1-3-9-11(14-2)16-7-17-12(9)15-6-8-4-5-10(13)18-8/h4-5,7H,3,6H2,1-2H3,(H2,14,15,16,17). The van der Waals surface area contributed by atoms with E-state index in [4.69, 9.17) is 0 Å². The Morgan fingerprint density at radius 2 is 2.06 bits per heavy atom. The Morgan fingerprint density at radius 3 is 2.67 bits per heavy atom. The van der Waals surface area contributed by atoms with E-state index in [1.807, 2.05) is 7.05 Å². The maximum Gasteiger partial charge on any atom is 0.135 e. The van der Waals surface area contributed by atoms with Crippen molar-refractivity contribution in [3.05, 3.63) is 32.7 Å². The zero-order valence-corrected chi connectivity index (χ0v) is 12.7. The zero-order chi connectivity index (χ0) is 13.0. The molecule has 2 rings (SSSR count). The van der Waals surface area contributed by atoms with E-state index in [0.29, 0.717) is 0 Å². The second-order valence-corrected chi connectivity index (χ2v) is 6.26. The largest absolute Gasteiger partial charge is 0.373 e. The van der Waals surface area contributed by atoms with E-state index in [2.05, 4.69) is 55.6 Å². The van der Waals surface area contributed by atoms with Gasteiger partial charge in [0, 0.05) is 17.5 Å². The van der Waals surface area contributed by atoms with Crippen LogP contribution in [0, 0.1) is 0 Å². The summed E-state index contributed by atoms with van der Waals surface area (Å²) in [5.41, 5.74) is 1.12. The maximum absolute atomic E-state index is 4.31. The molecule has 4 nitrogen and oxygen atoms in total. The van der Waals surface area contributed by atoms with Gasteiger partial charge in [-0.3, -0.25) is 0 Å². The number of thiophene rings is 1. The van der Waals surface area contributed by atoms with Gasteiger partial charge in [0.05, 0.1) is 10.3 Å². The highest BCUT2D eigenvalue weighted by molar-refractivity contribution is 9.11.